The Hall–Kier alpha value is -3.06. The van der Waals surface area contributed by atoms with E-state index in [1.165, 1.54) is 12.1 Å². The average Bonchev–Trinajstić information content (AvgIpc) is 2.66. The van der Waals surface area contributed by atoms with Crippen molar-refractivity contribution in [2.24, 2.45) is 0 Å². The van der Waals surface area contributed by atoms with Crippen LogP contribution >= 0.6 is 0 Å². The fourth-order valence-electron chi connectivity index (χ4n) is 3.14. The largest absolute Gasteiger partial charge is 0.534 e. The zero-order valence-electron chi connectivity index (χ0n) is 14.3. The lowest BCUT2D eigenvalue weighted by atomic mass is 9.96. The van der Waals surface area contributed by atoms with Gasteiger partial charge in [0.05, 0.1) is 0 Å². The van der Waals surface area contributed by atoms with Gasteiger partial charge in [0.25, 0.3) is 0 Å². The molecule has 4 rings (SSSR count). The normalized spacial score (nSPS) is 12.4. The first-order valence-corrected chi connectivity index (χ1v) is 9.69. The highest BCUT2D eigenvalue weighted by Crippen LogP contribution is 2.38. The molecule has 0 fully saturated rings. The maximum Gasteiger partial charge on any atom is 0.534 e. The highest BCUT2D eigenvalue weighted by molar-refractivity contribution is 7.88. The SMILES string of the molecule is O=S(=O)(Oc1cccc2cccc(-c3ccc4ccccc4c3)c12)C(F)(F)F. The Kier molecular flexibility index (Phi) is 4.27. The molecule has 0 saturated heterocycles. The minimum Gasteiger partial charge on any atom is -0.375 e. The molecule has 0 aromatic heterocycles. The molecule has 4 aromatic carbocycles. The van der Waals surface area contributed by atoms with Crippen molar-refractivity contribution >= 4 is 31.7 Å². The van der Waals surface area contributed by atoms with Gasteiger partial charge in [-0.2, -0.15) is 21.6 Å². The van der Waals surface area contributed by atoms with E-state index in [4.69, 9.17) is 0 Å². The van der Waals surface area contributed by atoms with Crippen LogP contribution in [-0.2, 0) is 10.1 Å². The third kappa shape index (κ3) is 3.18. The van der Waals surface area contributed by atoms with Crippen molar-refractivity contribution in [3.05, 3.63) is 78.9 Å². The Labute approximate surface area is 159 Å². The first-order valence-electron chi connectivity index (χ1n) is 8.28. The number of benzene rings is 4. The molecule has 0 atom stereocenters. The number of halogens is 3. The van der Waals surface area contributed by atoms with E-state index in [9.17, 15) is 21.6 Å². The van der Waals surface area contributed by atoms with Crippen molar-refractivity contribution in [1.82, 2.24) is 0 Å². The van der Waals surface area contributed by atoms with E-state index >= 15 is 0 Å². The quantitative estimate of drug-likeness (QED) is 0.317. The standard InChI is InChI=1S/C21H13F3O3S/c22-21(23,24)28(25,26)27-19-10-4-8-15-7-3-9-18(20(15)19)17-12-11-14-5-1-2-6-16(14)13-17/h1-13H. The number of hydrogen-bond donors (Lipinski definition) is 0. The summed E-state index contributed by atoms with van der Waals surface area (Å²) in [5.74, 6) is -0.362. The Morgan fingerprint density at radius 3 is 2.07 bits per heavy atom. The summed E-state index contributed by atoms with van der Waals surface area (Å²) < 4.78 is 66.0. The van der Waals surface area contributed by atoms with Gasteiger partial charge in [0, 0.05) is 5.39 Å². The molecule has 0 amide bonds. The molecule has 3 nitrogen and oxygen atoms in total. The molecule has 4 aromatic rings. The summed E-state index contributed by atoms with van der Waals surface area (Å²) in [5.41, 5.74) is -4.19. The van der Waals surface area contributed by atoms with Crippen molar-refractivity contribution in [1.29, 1.82) is 0 Å². The van der Waals surface area contributed by atoms with Crippen molar-refractivity contribution in [3.8, 4) is 16.9 Å². The maximum atomic E-state index is 12.8. The summed E-state index contributed by atoms with van der Waals surface area (Å²) in [5, 5.41) is 2.84. The molecule has 0 radical (unpaired) electrons. The summed E-state index contributed by atoms with van der Waals surface area (Å²) in [4.78, 5) is 0. The van der Waals surface area contributed by atoms with Crippen LogP contribution < -0.4 is 4.18 Å². The number of fused-ring (bicyclic) bond motifs is 2. The predicted molar refractivity (Wildman–Crippen MR) is 102 cm³/mol. The Morgan fingerprint density at radius 1 is 0.714 bits per heavy atom. The van der Waals surface area contributed by atoms with Gasteiger partial charge in [-0.1, -0.05) is 66.7 Å². The van der Waals surface area contributed by atoms with Crippen LogP contribution in [0.1, 0.15) is 0 Å². The van der Waals surface area contributed by atoms with Crippen molar-refractivity contribution in [2.75, 3.05) is 0 Å². The average molecular weight is 402 g/mol. The van der Waals surface area contributed by atoms with Crippen LogP contribution in [0.25, 0.3) is 32.7 Å². The van der Waals surface area contributed by atoms with Gasteiger partial charge < -0.3 is 4.18 Å². The summed E-state index contributed by atoms with van der Waals surface area (Å²) in [6, 6.07) is 22.8. The fraction of sp³-hybridized carbons (Fsp3) is 0.0476. The molecular formula is C21H13F3O3S. The first kappa shape index (κ1) is 18.3. The van der Waals surface area contributed by atoms with Gasteiger partial charge >= 0.3 is 15.6 Å². The lowest BCUT2D eigenvalue weighted by Gasteiger charge is -2.14. The van der Waals surface area contributed by atoms with Gasteiger partial charge in [-0.3, -0.25) is 0 Å². The van der Waals surface area contributed by atoms with Crippen LogP contribution in [0.3, 0.4) is 0 Å². The smallest absolute Gasteiger partial charge is 0.375 e. The van der Waals surface area contributed by atoms with Crippen LogP contribution in [0.5, 0.6) is 5.75 Å². The Bertz CT molecular complexity index is 1290. The molecule has 0 unspecified atom stereocenters. The molecule has 0 aliphatic carbocycles. The van der Waals surface area contributed by atoms with E-state index in [1.807, 2.05) is 42.5 Å². The van der Waals surface area contributed by atoms with Gasteiger partial charge in [-0.05, 0) is 39.4 Å². The van der Waals surface area contributed by atoms with Gasteiger partial charge in [0.15, 0.2) is 5.75 Å². The molecule has 0 aliphatic rings. The second-order valence-electron chi connectivity index (χ2n) is 6.20. The third-order valence-electron chi connectivity index (χ3n) is 4.41. The van der Waals surface area contributed by atoms with E-state index in [0.29, 0.717) is 16.3 Å². The molecule has 28 heavy (non-hydrogen) atoms. The zero-order chi connectivity index (χ0) is 19.9. The monoisotopic (exact) mass is 402 g/mol. The molecule has 142 valence electrons. The highest BCUT2D eigenvalue weighted by Gasteiger charge is 2.48. The second-order valence-corrected chi connectivity index (χ2v) is 7.74. The number of alkyl halides is 3. The van der Waals surface area contributed by atoms with E-state index in [1.54, 1.807) is 24.3 Å². The molecule has 0 saturated carbocycles. The molecule has 0 N–H and O–H groups in total. The zero-order valence-corrected chi connectivity index (χ0v) is 15.1. The summed E-state index contributed by atoms with van der Waals surface area (Å²) in [6.07, 6.45) is 0. The van der Waals surface area contributed by atoms with E-state index < -0.39 is 15.6 Å². The topological polar surface area (TPSA) is 43.4 Å². The highest BCUT2D eigenvalue weighted by atomic mass is 32.2. The van der Waals surface area contributed by atoms with E-state index in [0.717, 1.165) is 16.3 Å². The van der Waals surface area contributed by atoms with Crippen LogP contribution in [0, 0.1) is 0 Å². The molecule has 0 aliphatic heterocycles. The third-order valence-corrected chi connectivity index (χ3v) is 5.38. The van der Waals surface area contributed by atoms with Crippen LogP contribution in [-0.4, -0.2) is 13.9 Å². The van der Waals surface area contributed by atoms with E-state index in [2.05, 4.69) is 4.18 Å². The van der Waals surface area contributed by atoms with Crippen LogP contribution in [0.2, 0.25) is 0 Å². The molecule has 0 spiro atoms. The number of hydrogen-bond acceptors (Lipinski definition) is 3. The summed E-state index contributed by atoms with van der Waals surface area (Å²) >= 11 is 0. The summed E-state index contributed by atoms with van der Waals surface area (Å²) in [6.45, 7) is 0. The minimum atomic E-state index is -5.78. The first-order chi connectivity index (χ1) is 13.3. The number of rotatable bonds is 3. The van der Waals surface area contributed by atoms with Gasteiger partial charge in [-0.25, -0.2) is 0 Å². The molecule has 0 heterocycles. The van der Waals surface area contributed by atoms with Gasteiger partial charge in [0.1, 0.15) is 0 Å². The lowest BCUT2D eigenvalue weighted by molar-refractivity contribution is -0.0499. The maximum absolute atomic E-state index is 12.8. The minimum absolute atomic E-state index is 0.299. The Morgan fingerprint density at radius 2 is 1.36 bits per heavy atom. The van der Waals surface area contributed by atoms with Crippen molar-refractivity contribution in [2.45, 2.75) is 5.51 Å². The second kappa shape index (κ2) is 6.53. The molecular weight excluding hydrogens is 389 g/mol. The predicted octanol–water partition coefficient (Wildman–Crippen LogP) is 5.89. The Balaban J connectivity index is 1.94. The molecule has 0 bridgehead atoms. The summed E-state index contributed by atoms with van der Waals surface area (Å²) in [7, 11) is -5.78. The fourth-order valence-corrected chi connectivity index (χ4v) is 3.61. The van der Waals surface area contributed by atoms with Crippen molar-refractivity contribution in [3.63, 3.8) is 0 Å². The van der Waals surface area contributed by atoms with Crippen LogP contribution in [0.4, 0.5) is 13.2 Å². The molecule has 7 heteroatoms. The van der Waals surface area contributed by atoms with E-state index in [-0.39, 0.29) is 5.75 Å². The van der Waals surface area contributed by atoms with Crippen molar-refractivity contribution < 1.29 is 25.8 Å². The lowest BCUT2D eigenvalue weighted by Crippen LogP contribution is -2.28. The van der Waals surface area contributed by atoms with Crippen LogP contribution in [0.15, 0.2) is 78.9 Å². The van der Waals surface area contributed by atoms with Gasteiger partial charge in [-0.15, -0.1) is 0 Å². The van der Waals surface area contributed by atoms with Gasteiger partial charge in [0.2, 0.25) is 0 Å².